The van der Waals surface area contributed by atoms with Crippen LogP contribution < -0.4 is 4.90 Å². The molecule has 0 saturated heterocycles. The normalized spacial score (nSPS) is 17.4. The molecule has 1 N–H and O–H groups in total. The van der Waals surface area contributed by atoms with Crippen LogP contribution in [0.15, 0.2) is 29.4 Å². The SMILES string of the molecule is COC(C)(C)C(=O)N1CC/C(=N/O)c2ccccc21. The fourth-order valence-corrected chi connectivity index (χ4v) is 2.15. The standard InChI is InChI=1S/C14H18N2O3/c1-14(2,19-3)13(17)16-9-8-11(15-18)10-6-4-5-7-12(10)16/h4-7,18H,8-9H2,1-3H3/b15-11-. The summed E-state index contributed by atoms with van der Waals surface area (Å²) in [5.41, 5.74) is 1.28. The monoisotopic (exact) mass is 262 g/mol. The molecule has 2 rings (SSSR count). The van der Waals surface area contributed by atoms with Crippen molar-refractivity contribution in [3.05, 3.63) is 29.8 Å². The minimum absolute atomic E-state index is 0.0977. The van der Waals surface area contributed by atoms with Gasteiger partial charge in [-0.15, -0.1) is 0 Å². The molecule has 0 atom stereocenters. The van der Waals surface area contributed by atoms with Crippen molar-refractivity contribution in [2.75, 3.05) is 18.6 Å². The van der Waals surface area contributed by atoms with Crippen LogP contribution in [0.1, 0.15) is 25.8 Å². The molecule has 0 aliphatic carbocycles. The Bertz CT molecular complexity index is 523. The van der Waals surface area contributed by atoms with Crippen LogP contribution in [-0.2, 0) is 9.53 Å². The Morgan fingerprint density at radius 2 is 2.11 bits per heavy atom. The molecule has 0 bridgehead atoms. The summed E-state index contributed by atoms with van der Waals surface area (Å²) in [7, 11) is 1.52. The molecule has 5 nitrogen and oxygen atoms in total. The lowest BCUT2D eigenvalue weighted by atomic mass is 9.97. The second kappa shape index (κ2) is 5.01. The molecule has 1 aromatic carbocycles. The van der Waals surface area contributed by atoms with Crippen molar-refractivity contribution in [3.63, 3.8) is 0 Å². The van der Waals surface area contributed by atoms with Gasteiger partial charge in [-0.1, -0.05) is 23.4 Å². The van der Waals surface area contributed by atoms with Gasteiger partial charge in [-0.25, -0.2) is 0 Å². The minimum Gasteiger partial charge on any atom is -0.411 e. The van der Waals surface area contributed by atoms with Gasteiger partial charge in [0.1, 0.15) is 5.60 Å². The van der Waals surface area contributed by atoms with E-state index < -0.39 is 5.60 Å². The van der Waals surface area contributed by atoms with Gasteiger partial charge in [-0.2, -0.15) is 0 Å². The molecule has 19 heavy (non-hydrogen) atoms. The Morgan fingerprint density at radius 1 is 1.42 bits per heavy atom. The lowest BCUT2D eigenvalue weighted by molar-refractivity contribution is -0.136. The Hall–Kier alpha value is -1.88. The van der Waals surface area contributed by atoms with Crippen LogP contribution in [-0.4, -0.2) is 36.1 Å². The zero-order valence-electron chi connectivity index (χ0n) is 11.4. The van der Waals surface area contributed by atoms with Gasteiger partial charge in [0.15, 0.2) is 0 Å². The number of amides is 1. The predicted octanol–water partition coefficient (Wildman–Crippen LogP) is 2.03. The highest BCUT2D eigenvalue weighted by molar-refractivity contribution is 6.12. The number of nitrogens with zero attached hydrogens (tertiary/aromatic N) is 2. The maximum Gasteiger partial charge on any atom is 0.258 e. The van der Waals surface area contributed by atoms with Crippen LogP contribution in [0.2, 0.25) is 0 Å². The van der Waals surface area contributed by atoms with Crippen molar-refractivity contribution in [2.24, 2.45) is 5.16 Å². The molecule has 0 radical (unpaired) electrons. The lowest BCUT2D eigenvalue weighted by Crippen LogP contribution is -2.49. The summed E-state index contributed by atoms with van der Waals surface area (Å²) in [6.45, 7) is 3.98. The van der Waals surface area contributed by atoms with Gasteiger partial charge in [0.25, 0.3) is 5.91 Å². The summed E-state index contributed by atoms with van der Waals surface area (Å²) in [6, 6.07) is 7.42. The van der Waals surface area contributed by atoms with Crippen LogP contribution >= 0.6 is 0 Å². The van der Waals surface area contributed by atoms with Gasteiger partial charge in [-0.05, 0) is 19.9 Å². The Morgan fingerprint density at radius 3 is 2.74 bits per heavy atom. The van der Waals surface area contributed by atoms with Crippen molar-refractivity contribution < 1.29 is 14.7 Å². The zero-order valence-corrected chi connectivity index (χ0v) is 11.4. The molecule has 1 aromatic rings. The van der Waals surface area contributed by atoms with E-state index in [-0.39, 0.29) is 5.91 Å². The number of benzene rings is 1. The van der Waals surface area contributed by atoms with Crippen molar-refractivity contribution in [3.8, 4) is 0 Å². The largest absolute Gasteiger partial charge is 0.411 e. The minimum atomic E-state index is -0.874. The molecule has 0 aromatic heterocycles. The van der Waals surface area contributed by atoms with Gasteiger partial charge >= 0.3 is 0 Å². The van der Waals surface area contributed by atoms with E-state index in [0.29, 0.717) is 18.7 Å². The van der Waals surface area contributed by atoms with E-state index in [2.05, 4.69) is 5.16 Å². The topological polar surface area (TPSA) is 62.1 Å². The smallest absolute Gasteiger partial charge is 0.258 e. The molecule has 0 fully saturated rings. The average Bonchev–Trinajstić information content (AvgIpc) is 2.45. The summed E-state index contributed by atoms with van der Waals surface area (Å²) >= 11 is 0. The summed E-state index contributed by atoms with van der Waals surface area (Å²) in [5, 5.41) is 12.3. The molecule has 1 amide bonds. The van der Waals surface area contributed by atoms with Crippen LogP contribution in [0.3, 0.4) is 0 Å². The predicted molar refractivity (Wildman–Crippen MR) is 72.8 cm³/mol. The van der Waals surface area contributed by atoms with Gasteiger partial charge in [0.05, 0.1) is 11.4 Å². The molecule has 0 spiro atoms. The first-order chi connectivity index (χ1) is 9.01. The van der Waals surface area contributed by atoms with Crippen molar-refractivity contribution in [2.45, 2.75) is 25.9 Å². The highest BCUT2D eigenvalue weighted by Crippen LogP contribution is 2.29. The van der Waals surface area contributed by atoms with Gasteiger partial charge < -0.3 is 14.8 Å². The Balaban J connectivity index is 2.43. The molecule has 0 unspecified atom stereocenters. The molecular formula is C14H18N2O3. The molecule has 102 valence electrons. The molecule has 5 heteroatoms. The van der Waals surface area contributed by atoms with Gasteiger partial charge in [0.2, 0.25) is 0 Å². The van der Waals surface area contributed by atoms with E-state index >= 15 is 0 Å². The average molecular weight is 262 g/mol. The molecule has 1 heterocycles. The summed E-state index contributed by atoms with van der Waals surface area (Å²) < 4.78 is 5.25. The van der Waals surface area contributed by atoms with Crippen LogP contribution in [0.5, 0.6) is 0 Å². The van der Waals surface area contributed by atoms with E-state index in [1.165, 1.54) is 7.11 Å². The first-order valence-electron chi connectivity index (χ1n) is 6.18. The number of oxime groups is 1. The van der Waals surface area contributed by atoms with Gasteiger partial charge in [-0.3, -0.25) is 4.79 Å². The highest BCUT2D eigenvalue weighted by atomic mass is 16.5. The first-order valence-corrected chi connectivity index (χ1v) is 6.18. The Labute approximate surface area is 112 Å². The fourth-order valence-electron chi connectivity index (χ4n) is 2.15. The first kappa shape index (κ1) is 13.5. The highest BCUT2D eigenvalue weighted by Gasteiger charge is 2.35. The number of ether oxygens (including phenoxy) is 1. The number of methoxy groups -OCH3 is 1. The third-order valence-corrected chi connectivity index (χ3v) is 3.47. The Kier molecular flexibility index (Phi) is 3.57. The van der Waals surface area contributed by atoms with E-state index in [0.717, 1.165) is 11.3 Å². The quantitative estimate of drug-likeness (QED) is 0.655. The number of rotatable bonds is 2. The number of carbonyl (C=O) groups is 1. The van der Waals surface area contributed by atoms with Crippen molar-refractivity contribution >= 4 is 17.3 Å². The van der Waals surface area contributed by atoms with Gasteiger partial charge in [0, 0.05) is 25.6 Å². The van der Waals surface area contributed by atoms with E-state index in [1.54, 1.807) is 18.7 Å². The third kappa shape index (κ3) is 2.33. The number of anilines is 1. The summed E-state index contributed by atoms with van der Waals surface area (Å²) in [4.78, 5) is 14.2. The number of para-hydroxylation sites is 1. The second-order valence-corrected chi connectivity index (χ2v) is 4.99. The van der Waals surface area contributed by atoms with Crippen molar-refractivity contribution in [1.82, 2.24) is 0 Å². The lowest BCUT2D eigenvalue weighted by Gasteiger charge is -2.35. The maximum atomic E-state index is 12.5. The zero-order chi connectivity index (χ0) is 14.0. The maximum absolute atomic E-state index is 12.5. The van der Waals surface area contributed by atoms with Crippen LogP contribution in [0.4, 0.5) is 5.69 Å². The second-order valence-electron chi connectivity index (χ2n) is 4.99. The number of fused-ring (bicyclic) bond motifs is 1. The summed E-state index contributed by atoms with van der Waals surface area (Å²) in [6.07, 6.45) is 0.527. The van der Waals surface area contributed by atoms with Crippen LogP contribution in [0, 0.1) is 0 Å². The van der Waals surface area contributed by atoms with E-state index in [1.807, 2.05) is 24.3 Å². The molecule has 1 aliphatic rings. The van der Waals surface area contributed by atoms with E-state index in [9.17, 15) is 4.79 Å². The third-order valence-electron chi connectivity index (χ3n) is 3.47. The molecular weight excluding hydrogens is 244 g/mol. The number of hydrogen-bond acceptors (Lipinski definition) is 4. The molecule has 1 aliphatic heterocycles. The van der Waals surface area contributed by atoms with Crippen LogP contribution in [0.25, 0.3) is 0 Å². The van der Waals surface area contributed by atoms with Crippen molar-refractivity contribution in [1.29, 1.82) is 0 Å². The summed E-state index contributed by atoms with van der Waals surface area (Å²) in [5.74, 6) is -0.0977. The van der Waals surface area contributed by atoms with E-state index in [4.69, 9.17) is 9.94 Å². The molecule has 0 saturated carbocycles. The fraction of sp³-hybridized carbons (Fsp3) is 0.429. The number of hydrogen-bond donors (Lipinski definition) is 1. The number of carbonyl (C=O) groups excluding carboxylic acids is 1.